The van der Waals surface area contributed by atoms with Crippen molar-refractivity contribution < 1.29 is 9.53 Å². The molecule has 4 rings (SSSR count). The van der Waals surface area contributed by atoms with Crippen molar-refractivity contribution in [3.05, 3.63) is 42.5 Å². The molecule has 2 aromatic rings. The molecule has 0 unspecified atom stereocenters. The van der Waals surface area contributed by atoms with Crippen LogP contribution in [0.1, 0.15) is 32.0 Å². The first-order chi connectivity index (χ1) is 15.2. The number of para-hydroxylation sites is 2. The van der Waals surface area contributed by atoms with Crippen molar-refractivity contribution in [2.75, 3.05) is 51.3 Å². The van der Waals surface area contributed by atoms with Gasteiger partial charge in [-0.2, -0.15) is 0 Å². The molecule has 0 bridgehead atoms. The average Bonchev–Trinajstić information content (AvgIpc) is 3.30. The Balaban J connectivity index is 1.28. The maximum Gasteiger partial charge on any atom is 0.224 e. The first kappa shape index (κ1) is 21.7. The number of piperazine rings is 1. The molecule has 1 aromatic carbocycles. The average molecular weight is 426 g/mol. The number of hydrogen-bond donors (Lipinski definition) is 0. The molecule has 2 aliphatic heterocycles. The smallest absolute Gasteiger partial charge is 0.224 e. The van der Waals surface area contributed by atoms with Crippen LogP contribution in [0.5, 0.6) is 5.75 Å². The molecule has 0 saturated carbocycles. The molecule has 0 N–H and O–H groups in total. The molecule has 1 aromatic heterocycles. The highest BCUT2D eigenvalue weighted by molar-refractivity contribution is 5.76. The Labute approximate surface area is 185 Å². The number of rotatable bonds is 7. The number of carbonyl (C=O) groups excluding carboxylic acids is 1. The van der Waals surface area contributed by atoms with E-state index in [9.17, 15) is 4.79 Å². The van der Waals surface area contributed by atoms with Gasteiger partial charge in [0.2, 0.25) is 5.91 Å². The maximum absolute atomic E-state index is 12.9. The number of benzene rings is 1. The van der Waals surface area contributed by atoms with Crippen molar-refractivity contribution in [2.24, 2.45) is 0 Å². The molecule has 3 heterocycles. The van der Waals surface area contributed by atoms with Crippen LogP contribution in [0.25, 0.3) is 0 Å². The summed E-state index contributed by atoms with van der Waals surface area (Å²) in [6.07, 6.45) is 7.52. The van der Waals surface area contributed by atoms with Crippen molar-refractivity contribution in [2.45, 2.75) is 45.2 Å². The third-order valence-corrected chi connectivity index (χ3v) is 6.69. The minimum atomic E-state index is 0.271. The fourth-order valence-corrected chi connectivity index (χ4v) is 4.93. The topological polar surface area (TPSA) is 53.8 Å². The summed E-state index contributed by atoms with van der Waals surface area (Å²) in [4.78, 5) is 24.3. The summed E-state index contributed by atoms with van der Waals surface area (Å²) in [6.45, 7) is 8.61. The van der Waals surface area contributed by atoms with Gasteiger partial charge in [-0.25, -0.2) is 4.98 Å². The predicted molar refractivity (Wildman–Crippen MR) is 123 cm³/mol. The van der Waals surface area contributed by atoms with E-state index < -0.39 is 0 Å². The summed E-state index contributed by atoms with van der Waals surface area (Å²) >= 11 is 0. The highest BCUT2D eigenvalue weighted by atomic mass is 16.5. The van der Waals surface area contributed by atoms with Crippen LogP contribution in [0.15, 0.2) is 36.7 Å². The zero-order chi connectivity index (χ0) is 21.6. The van der Waals surface area contributed by atoms with Gasteiger partial charge in [0.1, 0.15) is 11.6 Å². The largest absolute Gasteiger partial charge is 0.495 e. The van der Waals surface area contributed by atoms with Crippen LogP contribution in [0, 0.1) is 0 Å². The first-order valence-corrected chi connectivity index (χ1v) is 11.6. The minimum Gasteiger partial charge on any atom is -0.495 e. The van der Waals surface area contributed by atoms with E-state index in [4.69, 9.17) is 4.74 Å². The Bertz CT molecular complexity index is 859. The van der Waals surface area contributed by atoms with Crippen molar-refractivity contribution in [1.29, 1.82) is 0 Å². The van der Waals surface area contributed by atoms with Gasteiger partial charge in [-0.15, -0.1) is 0 Å². The lowest BCUT2D eigenvalue weighted by atomic mass is 10.0. The van der Waals surface area contributed by atoms with E-state index in [0.717, 1.165) is 70.2 Å². The number of imidazole rings is 1. The second-order valence-electron chi connectivity index (χ2n) is 8.47. The SMILES string of the molecule is CCc1nccn1CCC(=O)N1CCC[C@@H](N2CCN(c3ccccc3OC)CC2)C1. The van der Waals surface area contributed by atoms with E-state index in [2.05, 4.69) is 43.3 Å². The molecule has 168 valence electrons. The number of likely N-dealkylation sites (tertiary alicyclic amines) is 1. The quantitative estimate of drug-likeness (QED) is 0.683. The molecule has 31 heavy (non-hydrogen) atoms. The van der Waals surface area contributed by atoms with Crippen LogP contribution >= 0.6 is 0 Å². The zero-order valence-corrected chi connectivity index (χ0v) is 18.9. The fourth-order valence-electron chi connectivity index (χ4n) is 4.93. The highest BCUT2D eigenvalue weighted by Gasteiger charge is 2.30. The Morgan fingerprint density at radius 3 is 2.74 bits per heavy atom. The molecule has 2 saturated heterocycles. The van der Waals surface area contributed by atoms with Gasteiger partial charge in [0.25, 0.3) is 0 Å². The van der Waals surface area contributed by atoms with E-state index >= 15 is 0 Å². The van der Waals surface area contributed by atoms with Crippen LogP contribution in [0.2, 0.25) is 0 Å². The molecule has 0 radical (unpaired) electrons. The molecule has 0 spiro atoms. The molecular formula is C24H35N5O2. The van der Waals surface area contributed by atoms with Gasteiger partial charge in [-0.3, -0.25) is 9.69 Å². The van der Waals surface area contributed by atoms with Gasteiger partial charge in [-0.05, 0) is 25.0 Å². The molecule has 7 heteroatoms. The summed E-state index contributed by atoms with van der Waals surface area (Å²) < 4.78 is 7.65. The van der Waals surface area contributed by atoms with E-state index in [0.29, 0.717) is 12.5 Å². The number of piperidine rings is 1. The van der Waals surface area contributed by atoms with Gasteiger partial charge in [0, 0.05) is 77.1 Å². The number of aryl methyl sites for hydroxylation is 2. The Hall–Kier alpha value is -2.54. The van der Waals surface area contributed by atoms with Crippen LogP contribution < -0.4 is 9.64 Å². The monoisotopic (exact) mass is 425 g/mol. The van der Waals surface area contributed by atoms with Gasteiger partial charge >= 0.3 is 0 Å². The number of carbonyl (C=O) groups is 1. The summed E-state index contributed by atoms with van der Waals surface area (Å²) in [5.41, 5.74) is 1.18. The number of methoxy groups -OCH3 is 1. The van der Waals surface area contributed by atoms with Gasteiger partial charge < -0.3 is 19.1 Å². The summed E-state index contributed by atoms with van der Waals surface area (Å²) in [5.74, 6) is 2.26. The van der Waals surface area contributed by atoms with Crippen molar-refractivity contribution in [3.8, 4) is 5.75 Å². The van der Waals surface area contributed by atoms with Crippen LogP contribution in [0.4, 0.5) is 5.69 Å². The molecule has 2 aliphatic rings. The van der Waals surface area contributed by atoms with Crippen LogP contribution in [0.3, 0.4) is 0 Å². The first-order valence-electron chi connectivity index (χ1n) is 11.6. The van der Waals surface area contributed by atoms with Gasteiger partial charge in [0.15, 0.2) is 0 Å². The lowest BCUT2D eigenvalue weighted by molar-refractivity contribution is -0.133. The van der Waals surface area contributed by atoms with Crippen LogP contribution in [-0.4, -0.2) is 77.7 Å². The van der Waals surface area contributed by atoms with E-state index in [1.54, 1.807) is 7.11 Å². The molecular weight excluding hydrogens is 390 g/mol. The third-order valence-electron chi connectivity index (χ3n) is 6.69. The van der Waals surface area contributed by atoms with Crippen molar-refractivity contribution in [1.82, 2.24) is 19.4 Å². The normalized spacial score (nSPS) is 20.1. The second-order valence-corrected chi connectivity index (χ2v) is 8.47. The predicted octanol–water partition coefficient (Wildman–Crippen LogP) is 2.66. The summed E-state index contributed by atoms with van der Waals surface area (Å²) in [7, 11) is 1.73. The van der Waals surface area contributed by atoms with Crippen molar-refractivity contribution in [3.63, 3.8) is 0 Å². The van der Waals surface area contributed by atoms with Crippen molar-refractivity contribution >= 4 is 11.6 Å². The molecule has 1 atom stereocenters. The lowest BCUT2D eigenvalue weighted by Crippen LogP contribution is -2.56. The molecule has 7 nitrogen and oxygen atoms in total. The number of ether oxygens (including phenoxy) is 1. The van der Waals surface area contributed by atoms with E-state index in [1.807, 2.05) is 24.5 Å². The standard InChI is InChI=1S/C24H35N5O2/c1-3-23-25-11-14-28(23)13-10-24(30)29-12-6-7-20(19-29)26-15-17-27(18-16-26)21-8-4-5-9-22(21)31-2/h4-5,8-9,11,14,20H,3,6-7,10,12-13,15-19H2,1-2H3/t20-/m1/s1. The number of hydrogen-bond acceptors (Lipinski definition) is 5. The lowest BCUT2D eigenvalue weighted by Gasteiger charge is -2.44. The second kappa shape index (κ2) is 10.2. The Kier molecular flexibility index (Phi) is 7.12. The highest BCUT2D eigenvalue weighted by Crippen LogP contribution is 2.29. The van der Waals surface area contributed by atoms with E-state index in [1.165, 1.54) is 12.1 Å². The van der Waals surface area contributed by atoms with Gasteiger partial charge in [0.05, 0.1) is 12.8 Å². The molecule has 2 fully saturated rings. The number of nitrogens with zero attached hydrogens (tertiary/aromatic N) is 5. The van der Waals surface area contributed by atoms with Gasteiger partial charge in [-0.1, -0.05) is 19.1 Å². The number of amides is 1. The zero-order valence-electron chi connectivity index (χ0n) is 18.9. The molecule has 1 amide bonds. The maximum atomic E-state index is 12.9. The summed E-state index contributed by atoms with van der Waals surface area (Å²) in [5, 5.41) is 0. The Morgan fingerprint density at radius 1 is 1.16 bits per heavy atom. The third kappa shape index (κ3) is 5.03. The Morgan fingerprint density at radius 2 is 1.97 bits per heavy atom. The summed E-state index contributed by atoms with van der Waals surface area (Å²) in [6, 6.07) is 8.72. The minimum absolute atomic E-state index is 0.271. The fraction of sp³-hybridized carbons (Fsp3) is 0.583. The molecule has 0 aliphatic carbocycles. The number of anilines is 1. The van der Waals surface area contributed by atoms with Crippen LogP contribution in [-0.2, 0) is 17.8 Å². The van der Waals surface area contributed by atoms with E-state index in [-0.39, 0.29) is 5.91 Å². The number of aromatic nitrogens is 2.